The Labute approximate surface area is 163 Å². The molecule has 26 heavy (non-hydrogen) atoms. The zero-order valence-corrected chi connectivity index (χ0v) is 17.1. The number of hydrogen-bond acceptors (Lipinski definition) is 3. The fraction of sp³-hybridized carbons (Fsp3) is 0.600. The van der Waals surface area contributed by atoms with Gasteiger partial charge in [0.2, 0.25) is 5.91 Å². The summed E-state index contributed by atoms with van der Waals surface area (Å²) in [5.74, 6) is 0.895. The minimum absolute atomic E-state index is 0. The maximum atomic E-state index is 12.7. The Bertz CT molecular complexity index is 623. The van der Waals surface area contributed by atoms with Crippen LogP contribution in [0.1, 0.15) is 56.0 Å². The summed E-state index contributed by atoms with van der Waals surface area (Å²) < 4.78 is 0. The van der Waals surface area contributed by atoms with Crippen LogP contribution < -0.4 is 11.1 Å². The van der Waals surface area contributed by atoms with E-state index in [2.05, 4.69) is 5.32 Å². The Balaban J connectivity index is 0.00000338. The first kappa shape index (κ1) is 22.5. The van der Waals surface area contributed by atoms with Gasteiger partial charge in [0.05, 0.1) is 0 Å². The van der Waals surface area contributed by atoms with Crippen LogP contribution in [-0.2, 0) is 4.79 Å². The molecule has 0 spiro atoms. The van der Waals surface area contributed by atoms with Crippen molar-refractivity contribution in [1.82, 2.24) is 4.90 Å². The highest BCUT2D eigenvalue weighted by molar-refractivity contribution is 5.96. The number of hydrogen-bond donors (Lipinski definition) is 2. The Kier molecular flexibility index (Phi) is 8.57. The van der Waals surface area contributed by atoms with E-state index < -0.39 is 0 Å². The average Bonchev–Trinajstić information content (AvgIpc) is 2.55. The molecule has 2 rings (SSSR count). The lowest BCUT2D eigenvalue weighted by Crippen LogP contribution is -2.42. The fourth-order valence-corrected chi connectivity index (χ4v) is 3.32. The molecule has 1 heterocycles. The standard InChI is InChI=1S/C20H31N3O2.ClH/c1-13(2)11-19(24)22-18-6-5-17(12-14(18)3)20(25)23-9-7-16(8-10-23)15(4)21;/h5-6,12-13,15-16H,7-11,21H2,1-4H3,(H,22,24);1H. The maximum Gasteiger partial charge on any atom is 0.253 e. The van der Waals surface area contributed by atoms with Crippen molar-refractivity contribution >= 4 is 29.9 Å². The third-order valence-electron chi connectivity index (χ3n) is 4.91. The topological polar surface area (TPSA) is 75.4 Å². The first-order chi connectivity index (χ1) is 11.8. The number of piperidine rings is 1. The highest BCUT2D eigenvalue weighted by atomic mass is 35.5. The van der Waals surface area contributed by atoms with Gasteiger partial charge in [0.15, 0.2) is 0 Å². The monoisotopic (exact) mass is 381 g/mol. The molecule has 3 N–H and O–H groups in total. The van der Waals surface area contributed by atoms with Crippen molar-refractivity contribution in [1.29, 1.82) is 0 Å². The molecule has 5 nitrogen and oxygen atoms in total. The number of nitrogens with zero attached hydrogens (tertiary/aromatic N) is 1. The molecule has 0 bridgehead atoms. The number of aryl methyl sites for hydroxylation is 1. The van der Waals surface area contributed by atoms with Crippen LogP contribution in [0.3, 0.4) is 0 Å². The number of nitrogens with one attached hydrogen (secondary N) is 1. The van der Waals surface area contributed by atoms with Crippen molar-refractivity contribution in [3.63, 3.8) is 0 Å². The van der Waals surface area contributed by atoms with E-state index in [0.29, 0.717) is 23.8 Å². The minimum Gasteiger partial charge on any atom is -0.339 e. The minimum atomic E-state index is 0. The smallest absolute Gasteiger partial charge is 0.253 e. The van der Waals surface area contributed by atoms with E-state index in [4.69, 9.17) is 5.73 Å². The number of amides is 2. The van der Waals surface area contributed by atoms with Gasteiger partial charge in [0.1, 0.15) is 0 Å². The number of carbonyl (C=O) groups excluding carboxylic acids is 2. The van der Waals surface area contributed by atoms with Gasteiger partial charge in [0, 0.05) is 36.8 Å². The number of halogens is 1. The molecule has 1 saturated heterocycles. The second-order valence-electron chi connectivity index (χ2n) is 7.66. The average molecular weight is 382 g/mol. The van der Waals surface area contributed by atoms with Crippen LogP contribution in [0.15, 0.2) is 18.2 Å². The van der Waals surface area contributed by atoms with Crippen molar-refractivity contribution in [3.8, 4) is 0 Å². The Morgan fingerprint density at radius 3 is 2.35 bits per heavy atom. The molecule has 1 aliphatic heterocycles. The number of benzene rings is 1. The fourth-order valence-electron chi connectivity index (χ4n) is 3.32. The maximum absolute atomic E-state index is 12.7. The first-order valence-electron chi connectivity index (χ1n) is 9.23. The van der Waals surface area contributed by atoms with E-state index in [1.54, 1.807) is 6.07 Å². The van der Waals surface area contributed by atoms with Gasteiger partial charge >= 0.3 is 0 Å². The molecular weight excluding hydrogens is 350 g/mol. The van der Waals surface area contributed by atoms with Crippen molar-refractivity contribution < 1.29 is 9.59 Å². The molecular formula is C20H32ClN3O2. The van der Waals surface area contributed by atoms with Crippen LogP contribution >= 0.6 is 12.4 Å². The summed E-state index contributed by atoms with van der Waals surface area (Å²) in [5, 5.41) is 2.93. The summed E-state index contributed by atoms with van der Waals surface area (Å²) in [6.45, 7) is 9.52. The quantitative estimate of drug-likeness (QED) is 0.818. The van der Waals surface area contributed by atoms with Gasteiger partial charge in [-0.05, 0) is 62.3 Å². The normalized spacial score (nSPS) is 16.2. The van der Waals surface area contributed by atoms with Crippen LogP contribution in [0.4, 0.5) is 5.69 Å². The molecule has 0 aliphatic carbocycles. The van der Waals surface area contributed by atoms with Gasteiger partial charge in [-0.25, -0.2) is 0 Å². The van der Waals surface area contributed by atoms with Crippen molar-refractivity contribution in [2.24, 2.45) is 17.6 Å². The lowest BCUT2D eigenvalue weighted by atomic mass is 9.90. The van der Waals surface area contributed by atoms with Crippen LogP contribution in [0.2, 0.25) is 0 Å². The highest BCUT2D eigenvalue weighted by Gasteiger charge is 2.25. The Hall–Kier alpha value is -1.59. The second kappa shape index (κ2) is 9.93. The van der Waals surface area contributed by atoms with Crippen LogP contribution in [0.5, 0.6) is 0 Å². The summed E-state index contributed by atoms with van der Waals surface area (Å²) in [6.07, 6.45) is 2.42. The van der Waals surface area contributed by atoms with E-state index in [9.17, 15) is 9.59 Å². The van der Waals surface area contributed by atoms with Crippen molar-refractivity contribution in [3.05, 3.63) is 29.3 Å². The van der Waals surface area contributed by atoms with Gasteiger partial charge in [-0.15, -0.1) is 12.4 Å². The Morgan fingerprint density at radius 1 is 1.23 bits per heavy atom. The molecule has 2 amide bonds. The molecule has 1 unspecified atom stereocenters. The first-order valence-corrected chi connectivity index (χ1v) is 9.23. The SMILES string of the molecule is Cc1cc(C(=O)N2CCC(C(C)N)CC2)ccc1NC(=O)CC(C)C.Cl. The lowest BCUT2D eigenvalue weighted by Gasteiger charge is -2.33. The van der Waals surface area contributed by atoms with Crippen LogP contribution in [-0.4, -0.2) is 35.8 Å². The molecule has 1 aliphatic rings. The summed E-state index contributed by atoms with van der Waals surface area (Å²) in [4.78, 5) is 26.6. The van der Waals surface area contributed by atoms with E-state index in [1.807, 2.05) is 44.7 Å². The molecule has 1 atom stereocenters. The summed E-state index contributed by atoms with van der Waals surface area (Å²) in [6, 6.07) is 5.69. The molecule has 0 saturated carbocycles. The van der Waals surface area contributed by atoms with Gasteiger partial charge in [-0.3, -0.25) is 9.59 Å². The number of likely N-dealkylation sites (tertiary alicyclic amines) is 1. The molecule has 0 aromatic heterocycles. The molecule has 0 radical (unpaired) electrons. The lowest BCUT2D eigenvalue weighted by molar-refractivity contribution is -0.116. The van der Waals surface area contributed by atoms with E-state index in [-0.39, 0.29) is 30.3 Å². The molecule has 1 fully saturated rings. The predicted molar refractivity (Wildman–Crippen MR) is 109 cm³/mol. The zero-order chi connectivity index (χ0) is 18.6. The highest BCUT2D eigenvalue weighted by Crippen LogP contribution is 2.23. The third kappa shape index (κ3) is 5.99. The van der Waals surface area contributed by atoms with E-state index >= 15 is 0 Å². The predicted octanol–water partition coefficient (Wildman–Crippen LogP) is 3.60. The molecule has 1 aromatic rings. The summed E-state index contributed by atoms with van der Waals surface area (Å²) in [7, 11) is 0. The van der Waals surface area contributed by atoms with Gasteiger partial charge in [-0.2, -0.15) is 0 Å². The van der Waals surface area contributed by atoms with Gasteiger partial charge < -0.3 is 16.0 Å². The summed E-state index contributed by atoms with van der Waals surface area (Å²) in [5.41, 5.74) is 8.33. The third-order valence-corrected chi connectivity index (χ3v) is 4.91. The largest absolute Gasteiger partial charge is 0.339 e. The van der Waals surface area contributed by atoms with E-state index in [1.165, 1.54) is 0 Å². The number of nitrogens with two attached hydrogens (primary N) is 1. The number of carbonyl (C=O) groups is 2. The molecule has 146 valence electrons. The van der Waals surface area contributed by atoms with Gasteiger partial charge in [0.25, 0.3) is 5.91 Å². The summed E-state index contributed by atoms with van der Waals surface area (Å²) >= 11 is 0. The molecule has 1 aromatic carbocycles. The number of anilines is 1. The van der Waals surface area contributed by atoms with Crippen LogP contribution in [0, 0.1) is 18.8 Å². The van der Waals surface area contributed by atoms with Gasteiger partial charge in [-0.1, -0.05) is 13.8 Å². The molecule has 6 heteroatoms. The second-order valence-corrected chi connectivity index (χ2v) is 7.66. The van der Waals surface area contributed by atoms with Crippen molar-refractivity contribution in [2.45, 2.75) is 53.0 Å². The zero-order valence-electron chi connectivity index (χ0n) is 16.2. The Morgan fingerprint density at radius 2 is 1.85 bits per heavy atom. The van der Waals surface area contributed by atoms with Crippen LogP contribution in [0.25, 0.3) is 0 Å². The van der Waals surface area contributed by atoms with E-state index in [0.717, 1.165) is 37.2 Å². The number of rotatable bonds is 5. The van der Waals surface area contributed by atoms with Crippen molar-refractivity contribution in [2.75, 3.05) is 18.4 Å².